The fourth-order valence-electron chi connectivity index (χ4n) is 2.27. The predicted octanol–water partition coefficient (Wildman–Crippen LogP) is 1.50. The highest BCUT2D eigenvalue weighted by molar-refractivity contribution is 7.85. The van der Waals surface area contributed by atoms with E-state index in [2.05, 4.69) is 0 Å². The fraction of sp³-hybridized carbons (Fsp3) is 0.417. The number of hydrogen-bond donors (Lipinski definition) is 1. The SMILES string of the molecule is Cc1sc2cc3c(cc2[n+]1CCCS(=O)(=O)O)OCO3. The lowest BCUT2D eigenvalue weighted by atomic mass is 10.3. The molecule has 0 unspecified atom stereocenters. The number of thiazole rings is 1. The van der Waals surface area contributed by atoms with Gasteiger partial charge in [0.1, 0.15) is 4.70 Å². The first-order chi connectivity index (χ1) is 9.44. The van der Waals surface area contributed by atoms with Crippen molar-refractivity contribution in [1.29, 1.82) is 0 Å². The van der Waals surface area contributed by atoms with Crippen LogP contribution in [0.5, 0.6) is 11.5 Å². The molecule has 1 aliphatic heterocycles. The van der Waals surface area contributed by atoms with Gasteiger partial charge in [0.25, 0.3) is 10.1 Å². The summed E-state index contributed by atoms with van der Waals surface area (Å²) in [4.78, 5) is 0. The van der Waals surface area contributed by atoms with Crippen LogP contribution >= 0.6 is 11.3 Å². The number of rotatable bonds is 4. The number of benzene rings is 1. The van der Waals surface area contributed by atoms with Crippen molar-refractivity contribution >= 4 is 31.7 Å². The van der Waals surface area contributed by atoms with E-state index in [1.165, 1.54) is 0 Å². The number of aromatic nitrogens is 1. The van der Waals surface area contributed by atoms with Crippen LogP contribution in [0.15, 0.2) is 12.1 Å². The molecule has 0 atom stereocenters. The maximum atomic E-state index is 10.8. The van der Waals surface area contributed by atoms with Crippen LogP contribution in [0.4, 0.5) is 0 Å². The minimum atomic E-state index is -3.91. The smallest absolute Gasteiger partial charge is 0.265 e. The molecule has 0 saturated heterocycles. The van der Waals surface area contributed by atoms with Gasteiger partial charge < -0.3 is 9.47 Å². The van der Waals surface area contributed by atoms with Gasteiger partial charge in [-0.15, -0.1) is 0 Å². The molecule has 6 nitrogen and oxygen atoms in total. The van der Waals surface area contributed by atoms with E-state index in [1.807, 2.05) is 23.6 Å². The Labute approximate surface area is 120 Å². The molecule has 8 heteroatoms. The Kier molecular flexibility index (Phi) is 3.31. The van der Waals surface area contributed by atoms with Gasteiger partial charge in [-0.25, -0.2) is 0 Å². The summed E-state index contributed by atoms with van der Waals surface area (Å²) in [7, 11) is -3.91. The summed E-state index contributed by atoms with van der Waals surface area (Å²) in [5, 5.41) is 1.07. The van der Waals surface area contributed by atoms with Crippen LogP contribution in [0.2, 0.25) is 0 Å². The molecule has 0 bridgehead atoms. The molecule has 1 N–H and O–H groups in total. The predicted molar refractivity (Wildman–Crippen MR) is 73.9 cm³/mol. The minimum Gasteiger partial charge on any atom is -0.454 e. The van der Waals surface area contributed by atoms with Crippen LogP contribution in [-0.2, 0) is 16.7 Å². The highest BCUT2D eigenvalue weighted by atomic mass is 32.2. The molecule has 1 aromatic heterocycles. The normalized spacial score (nSPS) is 14.1. The van der Waals surface area contributed by atoms with Gasteiger partial charge >= 0.3 is 0 Å². The van der Waals surface area contributed by atoms with Crippen LogP contribution in [0.3, 0.4) is 0 Å². The third kappa shape index (κ3) is 2.58. The van der Waals surface area contributed by atoms with E-state index >= 15 is 0 Å². The lowest BCUT2D eigenvalue weighted by Gasteiger charge is -1.98. The first-order valence-electron chi connectivity index (χ1n) is 6.12. The third-order valence-corrected chi connectivity index (χ3v) is 5.03. The number of nitrogens with zero attached hydrogens (tertiary/aromatic N) is 1. The number of hydrogen-bond acceptors (Lipinski definition) is 5. The Morgan fingerprint density at radius 1 is 1.35 bits per heavy atom. The standard InChI is InChI=1S/C12H13NO5S2/c1-8-13(3-2-4-20(14,15)16)9-5-10-11(18-7-17-10)6-12(9)19-8/h5-6H,2-4,7H2,1H3/p+1. The molecular formula is C12H14NO5S2+. The monoisotopic (exact) mass is 316 g/mol. The Hall–Kier alpha value is -1.38. The molecule has 0 spiro atoms. The largest absolute Gasteiger partial charge is 0.454 e. The summed E-state index contributed by atoms with van der Waals surface area (Å²) in [6, 6.07) is 3.85. The van der Waals surface area contributed by atoms with Gasteiger partial charge in [-0.05, 0) is 0 Å². The molecule has 3 rings (SSSR count). The third-order valence-electron chi connectivity index (χ3n) is 3.17. The minimum absolute atomic E-state index is 0.231. The van der Waals surface area contributed by atoms with Gasteiger partial charge in [0.05, 0.1) is 11.8 Å². The highest BCUT2D eigenvalue weighted by Crippen LogP contribution is 2.37. The van der Waals surface area contributed by atoms with Gasteiger partial charge in [-0.1, -0.05) is 11.3 Å². The molecule has 1 aliphatic rings. The van der Waals surface area contributed by atoms with Crippen molar-refractivity contribution in [3.63, 3.8) is 0 Å². The average molecular weight is 316 g/mol. The molecule has 0 aliphatic carbocycles. The second-order valence-electron chi connectivity index (χ2n) is 4.59. The second kappa shape index (κ2) is 4.87. The number of ether oxygens (including phenoxy) is 2. The topological polar surface area (TPSA) is 76.7 Å². The van der Waals surface area contributed by atoms with E-state index in [1.54, 1.807) is 11.3 Å². The zero-order chi connectivity index (χ0) is 14.3. The summed E-state index contributed by atoms with van der Waals surface area (Å²) in [5.41, 5.74) is 0.993. The molecule has 0 fully saturated rings. The molecule has 108 valence electrons. The van der Waals surface area contributed by atoms with Crippen LogP contribution in [0.25, 0.3) is 10.2 Å². The van der Waals surface area contributed by atoms with E-state index in [9.17, 15) is 8.42 Å². The zero-order valence-electron chi connectivity index (χ0n) is 10.8. The second-order valence-corrected chi connectivity index (χ2v) is 7.39. The van der Waals surface area contributed by atoms with E-state index in [0.717, 1.165) is 21.0 Å². The van der Waals surface area contributed by atoms with Gasteiger partial charge in [0, 0.05) is 19.4 Å². The molecule has 0 radical (unpaired) electrons. The summed E-state index contributed by atoms with van der Waals surface area (Å²) in [6.07, 6.45) is 0.366. The summed E-state index contributed by atoms with van der Waals surface area (Å²) in [5.74, 6) is 1.21. The van der Waals surface area contributed by atoms with Crippen molar-refractivity contribution in [2.75, 3.05) is 12.5 Å². The molecular weight excluding hydrogens is 302 g/mol. The Morgan fingerprint density at radius 2 is 2.05 bits per heavy atom. The van der Waals surface area contributed by atoms with Gasteiger partial charge in [-0.2, -0.15) is 13.0 Å². The summed E-state index contributed by atoms with van der Waals surface area (Å²) in [6.45, 7) is 2.74. The van der Waals surface area contributed by atoms with Gasteiger partial charge in [-0.3, -0.25) is 4.55 Å². The molecule has 20 heavy (non-hydrogen) atoms. The van der Waals surface area contributed by atoms with Crippen molar-refractivity contribution in [3.05, 3.63) is 17.1 Å². The van der Waals surface area contributed by atoms with Crippen LogP contribution in [0, 0.1) is 6.92 Å². The molecule has 0 amide bonds. The molecule has 1 aromatic carbocycles. The lowest BCUT2D eigenvalue weighted by molar-refractivity contribution is -0.672. The molecule has 2 heterocycles. The molecule has 2 aromatic rings. The van der Waals surface area contributed by atoms with Crippen LogP contribution in [-0.4, -0.2) is 25.5 Å². The van der Waals surface area contributed by atoms with Crippen molar-refractivity contribution in [3.8, 4) is 11.5 Å². The number of fused-ring (bicyclic) bond motifs is 2. The Bertz CT molecular complexity index is 766. The average Bonchev–Trinajstić information content (AvgIpc) is 2.90. The van der Waals surface area contributed by atoms with Crippen molar-refractivity contribution in [2.24, 2.45) is 0 Å². The Balaban J connectivity index is 1.92. The fourth-order valence-corrected chi connectivity index (χ4v) is 3.82. The van der Waals surface area contributed by atoms with Crippen molar-refractivity contribution in [2.45, 2.75) is 19.9 Å². The van der Waals surface area contributed by atoms with Gasteiger partial charge in [0.2, 0.25) is 17.3 Å². The summed E-state index contributed by atoms with van der Waals surface area (Å²) < 4.78 is 44.1. The van der Waals surface area contributed by atoms with E-state index < -0.39 is 10.1 Å². The quantitative estimate of drug-likeness (QED) is 0.683. The van der Waals surface area contributed by atoms with Crippen LogP contribution < -0.4 is 14.0 Å². The maximum absolute atomic E-state index is 10.8. The zero-order valence-corrected chi connectivity index (χ0v) is 12.5. The van der Waals surface area contributed by atoms with E-state index in [-0.39, 0.29) is 12.5 Å². The van der Waals surface area contributed by atoms with Crippen molar-refractivity contribution in [1.82, 2.24) is 0 Å². The lowest BCUT2D eigenvalue weighted by Crippen LogP contribution is -2.35. The summed E-state index contributed by atoms with van der Waals surface area (Å²) >= 11 is 1.62. The Morgan fingerprint density at radius 3 is 2.75 bits per heavy atom. The molecule has 0 saturated carbocycles. The first kappa shape index (κ1) is 13.6. The highest BCUT2D eigenvalue weighted by Gasteiger charge is 2.23. The maximum Gasteiger partial charge on any atom is 0.265 e. The van der Waals surface area contributed by atoms with Crippen LogP contribution in [0.1, 0.15) is 11.4 Å². The van der Waals surface area contributed by atoms with E-state index in [4.69, 9.17) is 14.0 Å². The number of aryl methyl sites for hydroxylation is 2. The van der Waals surface area contributed by atoms with Gasteiger partial charge in [0.15, 0.2) is 18.0 Å². The van der Waals surface area contributed by atoms with Crippen molar-refractivity contribution < 1.29 is 27.0 Å². The van der Waals surface area contributed by atoms with E-state index in [0.29, 0.717) is 18.7 Å². The first-order valence-corrected chi connectivity index (χ1v) is 8.54.